The summed E-state index contributed by atoms with van der Waals surface area (Å²) in [7, 11) is 0. The summed E-state index contributed by atoms with van der Waals surface area (Å²) in [6, 6.07) is 0. The van der Waals surface area contributed by atoms with E-state index in [1.54, 1.807) is 0 Å². The van der Waals surface area contributed by atoms with Crippen molar-refractivity contribution in [1.82, 2.24) is 4.90 Å². The molecule has 0 amide bonds. The SMILES string of the molecule is CCCCCCCCCCCCN(CCC(=O)[O-])CCC(=O)O.[Na+].[Na+]. The molecular formula is C18H34NNa2O4+. The first kappa shape index (κ1) is 30.6. The van der Waals surface area contributed by atoms with Gasteiger partial charge < -0.3 is 19.9 Å². The number of carboxylic acids is 2. The molecule has 0 aliphatic carbocycles. The zero-order chi connectivity index (χ0) is 17.3. The minimum Gasteiger partial charge on any atom is -0.550 e. The molecule has 25 heavy (non-hydrogen) atoms. The van der Waals surface area contributed by atoms with Gasteiger partial charge in [0.25, 0.3) is 0 Å². The Morgan fingerprint density at radius 2 is 1.20 bits per heavy atom. The van der Waals surface area contributed by atoms with Crippen molar-refractivity contribution in [1.29, 1.82) is 0 Å². The molecule has 0 atom stereocenters. The largest absolute Gasteiger partial charge is 1.00 e. The van der Waals surface area contributed by atoms with E-state index in [0.29, 0.717) is 13.1 Å². The van der Waals surface area contributed by atoms with Gasteiger partial charge in [0, 0.05) is 19.1 Å². The molecule has 0 saturated carbocycles. The zero-order valence-electron chi connectivity index (χ0n) is 16.7. The number of rotatable bonds is 17. The molecule has 136 valence electrons. The van der Waals surface area contributed by atoms with E-state index in [2.05, 4.69) is 6.92 Å². The molecule has 1 N–H and O–H groups in total. The molecule has 0 aliphatic rings. The molecule has 0 fully saturated rings. The first-order valence-corrected chi connectivity index (χ1v) is 9.20. The topological polar surface area (TPSA) is 80.7 Å². The smallest absolute Gasteiger partial charge is 0.550 e. The average Bonchev–Trinajstić information content (AvgIpc) is 2.50. The monoisotopic (exact) mass is 374 g/mol. The van der Waals surface area contributed by atoms with Crippen molar-refractivity contribution in [3.05, 3.63) is 0 Å². The van der Waals surface area contributed by atoms with E-state index in [9.17, 15) is 14.7 Å². The second kappa shape index (κ2) is 22.9. The van der Waals surface area contributed by atoms with Gasteiger partial charge in [-0.1, -0.05) is 64.7 Å². The van der Waals surface area contributed by atoms with Gasteiger partial charge in [-0.3, -0.25) is 4.79 Å². The summed E-state index contributed by atoms with van der Waals surface area (Å²) >= 11 is 0. The van der Waals surface area contributed by atoms with Crippen LogP contribution in [0.2, 0.25) is 0 Å². The van der Waals surface area contributed by atoms with Crippen molar-refractivity contribution in [3.8, 4) is 0 Å². The minimum absolute atomic E-state index is 0. The molecule has 7 heteroatoms. The molecule has 0 radical (unpaired) electrons. The molecule has 0 aliphatic heterocycles. The second-order valence-corrected chi connectivity index (χ2v) is 6.29. The molecule has 0 aromatic rings. The van der Waals surface area contributed by atoms with Crippen molar-refractivity contribution in [3.63, 3.8) is 0 Å². The maximum Gasteiger partial charge on any atom is 1.00 e. The van der Waals surface area contributed by atoms with Crippen LogP contribution in [-0.2, 0) is 9.59 Å². The third kappa shape index (κ3) is 24.9. The number of carbonyl (C=O) groups is 2. The van der Waals surface area contributed by atoms with Crippen molar-refractivity contribution >= 4 is 11.9 Å². The van der Waals surface area contributed by atoms with Crippen LogP contribution in [0.5, 0.6) is 0 Å². The Labute approximate surface area is 197 Å². The van der Waals surface area contributed by atoms with Crippen LogP contribution in [0.4, 0.5) is 0 Å². The zero-order valence-corrected chi connectivity index (χ0v) is 20.7. The molecule has 0 saturated heterocycles. The molecule has 0 spiro atoms. The molecule has 0 bridgehead atoms. The molecule has 0 unspecified atom stereocenters. The number of hydrogen-bond acceptors (Lipinski definition) is 4. The molecule has 0 heterocycles. The van der Waals surface area contributed by atoms with E-state index in [4.69, 9.17) is 5.11 Å². The van der Waals surface area contributed by atoms with Gasteiger partial charge in [0.2, 0.25) is 0 Å². The van der Waals surface area contributed by atoms with Crippen LogP contribution in [0.3, 0.4) is 0 Å². The van der Waals surface area contributed by atoms with Gasteiger partial charge in [-0.25, -0.2) is 0 Å². The predicted octanol–water partition coefficient (Wildman–Crippen LogP) is -3.17. The van der Waals surface area contributed by atoms with E-state index in [0.717, 1.165) is 19.4 Å². The van der Waals surface area contributed by atoms with Crippen molar-refractivity contribution in [2.75, 3.05) is 19.6 Å². The fourth-order valence-electron chi connectivity index (χ4n) is 2.66. The Morgan fingerprint density at radius 3 is 1.64 bits per heavy atom. The summed E-state index contributed by atoms with van der Waals surface area (Å²) in [5.41, 5.74) is 0. The summed E-state index contributed by atoms with van der Waals surface area (Å²) in [6.07, 6.45) is 12.6. The van der Waals surface area contributed by atoms with E-state index in [1.807, 2.05) is 4.90 Å². The van der Waals surface area contributed by atoms with Crippen LogP contribution < -0.4 is 64.2 Å². The second-order valence-electron chi connectivity index (χ2n) is 6.29. The van der Waals surface area contributed by atoms with Crippen LogP contribution in [0.15, 0.2) is 0 Å². The summed E-state index contributed by atoms with van der Waals surface area (Å²) in [5.74, 6) is -1.92. The van der Waals surface area contributed by atoms with Gasteiger partial charge >= 0.3 is 65.1 Å². The van der Waals surface area contributed by atoms with Gasteiger partial charge in [-0.15, -0.1) is 0 Å². The van der Waals surface area contributed by atoms with Gasteiger partial charge in [-0.2, -0.15) is 0 Å². The van der Waals surface area contributed by atoms with Crippen LogP contribution in [0.25, 0.3) is 0 Å². The van der Waals surface area contributed by atoms with Crippen LogP contribution in [-0.4, -0.2) is 41.6 Å². The van der Waals surface area contributed by atoms with Crippen molar-refractivity contribution < 1.29 is 78.9 Å². The van der Waals surface area contributed by atoms with E-state index in [1.165, 1.54) is 51.4 Å². The predicted molar refractivity (Wildman–Crippen MR) is 90.2 cm³/mol. The quantitative estimate of drug-likeness (QED) is 0.215. The maximum atomic E-state index is 10.6. The normalized spacial score (nSPS) is 10.2. The van der Waals surface area contributed by atoms with Gasteiger partial charge in [0.1, 0.15) is 0 Å². The number of unbranched alkanes of at least 4 members (excludes halogenated alkanes) is 9. The Kier molecular flexibility index (Phi) is 28.1. The Balaban J connectivity index is -0.00000242. The summed E-state index contributed by atoms with van der Waals surface area (Å²) in [5, 5.41) is 19.3. The first-order chi connectivity index (χ1) is 11.1. The third-order valence-electron chi connectivity index (χ3n) is 4.10. The van der Waals surface area contributed by atoms with E-state index >= 15 is 0 Å². The summed E-state index contributed by atoms with van der Waals surface area (Å²) in [4.78, 5) is 23.1. The molecule has 0 rings (SSSR count). The summed E-state index contributed by atoms with van der Waals surface area (Å²) < 4.78 is 0. The molecule has 0 aromatic heterocycles. The molecule has 5 nitrogen and oxygen atoms in total. The summed E-state index contributed by atoms with van der Waals surface area (Å²) in [6.45, 7) is 3.80. The number of nitrogens with zero attached hydrogens (tertiary/aromatic N) is 1. The number of carbonyl (C=O) groups excluding carboxylic acids is 1. The van der Waals surface area contributed by atoms with Crippen LogP contribution in [0, 0.1) is 0 Å². The van der Waals surface area contributed by atoms with Crippen molar-refractivity contribution in [2.45, 2.75) is 84.0 Å². The number of aliphatic carboxylic acids is 2. The van der Waals surface area contributed by atoms with Gasteiger partial charge in [0.15, 0.2) is 0 Å². The van der Waals surface area contributed by atoms with E-state index < -0.39 is 11.9 Å². The van der Waals surface area contributed by atoms with E-state index in [-0.39, 0.29) is 72.0 Å². The van der Waals surface area contributed by atoms with Crippen LogP contribution >= 0.6 is 0 Å². The third-order valence-corrected chi connectivity index (χ3v) is 4.10. The van der Waals surface area contributed by atoms with Gasteiger partial charge in [-0.05, 0) is 19.4 Å². The number of carboxylic acid groups (broad SMARTS) is 2. The average molecular weight is 374 g/mol. The first-order valence-electron chi connectivity index (χ1n) is 9.20. The Morgan fingerprint density at radius 1 is 0.760 bits per heavy atom. The molecule has 0 aromatic carbocycles. The van der Waals surface area contributed by atoms with Crippen molar-refractivity contribution in [2.24, 2.45) is 0 Å². The van der Waals surface area contributed by atoms with Crippen LogP contribution in [0.1, 0.15) is 84.0 Å². The number of hydrogen-bond donors (Lipinski definition) is 1. The minimum atomic E-state index is -1.08. The fraction of sp³-hybridized carbons (Fsp3) is 0.889. The van der Waals surface area contributed by atoms with Gasteiger partial charge in [0.05, 0.1) is 6.42 Å². The standard InChI is InChI=1S/C18H35NO4.2Na/c1-2-3-4-5-6-7-8-9-10-11-14-19(15-12-17(20)21)16-13-18(22)23;;/h2-16H2,1H3,(H,20,21)(H,22,23);;/q;2*+1/p-1. The Bertz CT molecular complexity index is 299. The fourth-order valence-corrected chi connectivity index (χ4v) is 2.66. The Hall–Kier alpha value is 0.900. The maximum absolute atomic E-state index is 10.6. The molecular weight excluding hydrogens is 340 g/mol.